The quantitative estimate of drug-likeness (QED) is 0.742. The number of piperidine rings is 1. The zero-order chi connectivity index (χ0) is 18.8. The minimum absolute atomic E-state index is 0.0437. The van der Waals surface area contributed by atoms with E-state index in [4.69, 9.17) is 16.0 Å². The number of anilines is 1. The molecule has 1 fully saturated rings. The second-order valence-electron chi connectivity index (χ2n) is 6.88. The van der Waals surface area contributed by atoms with Crippen molar-refractivity contribution < 1.29 is 9.21 Å². The maximum atomic E-state index is 12.6. The third-order valence-corrected chi connectivity index (χ3v) is 5.03. The molecule has 1 aliphatic rings. The number of amides is 1. The van der Waals surface area contributed by atoms with Crippen molar-refractivity contribution >= 4 is 34.6 Å². The van der Waals surface area contributed by atoms with E-state index in [0.29, 0.717) is 29.7 Å². The van der Waals surface area contributed by atoms with Gasteiger partial charge in [-0.05, 0) is 50.1 Å². The number of pyridine rings is 1. The molecule has 140 valence electrons. The first-order valence-electron chi connectivity index (χ1n) is 9.10. The van der Waals surface area contributed by atoms with E-state index in [1.165, 1.54) is 0 Å². The number of halogens is 1. The van der Waals surface area contributed by atoms with Crippen molar-refractivity contribution in [2.45, 2.75) is 26.3 Å². The summed E-state index contributed by atoms with van der Waals surface area (Å²) in [7, 11) is 0. The molecule has 27 heavy (non-hydrogen) atoms. The second-order valence-corrected chi connectivity index (χ2v) is 7.32. The summed E-state index contributed by atoms with van der Waals surface area (Å²) in [5.74, 6) is -0.0516. The molecule has 0 radical (unpaired) electrons. The van der Waals surface area contributed by atoms with Crippen molar-refractivity contribution in [1.82, 2.24) is 15.3 Å². The fourth-order valence-corrected chi connectivity index (χ4v) is 3.57. The first kappa shape index (κ1) is 17.8. The topological polar surface area (TPSA) is 71.3 Å². The Bertz CT molecular complexity index is 972. The van der Waals surface area contributed by atoms with Crippen LogP contribution in [0.5, 0.6) is 0 Å². The third-order valence-electron chi connectivity index (χ3n) is 4.79. The first-order chi connectivity index (χ1) is 13.1. The van der Waals surface area contributed by atoms with Crippen LogP contribution in [-0.2, 0) is 11.3 Å². The predicted octanol–water partition coefficient (Wildman–Crippen LogP) is 3.72. The highest BCUT2D eigenvalue weighted by Crippen LogP contribution is 2.28. The number of carbonyl (C=O) groups is 1. The standard InChI is InChI=1S/C20H21ClN4O2/c1-13-4-2-6-16(23-13)11-22-19(26)14-5-3-9-25(12-14)20-24-17-10-15(21)7-8-18(17)27-20/h2,4,6-8,10,14H,3,5,9,11-12H2,1H3,(H,22,26). The van der Waals surface area contributed by atoms with E-state index in [1.807, 2.05) is 36.1 Å². The summed E-state index contributed by atoms with van der Waals surface area (Å²) in [6.45, 7) is 3.80. The van der Waals surface area contributed by atoms with Gasteiger partial charge in [-0.1, -0.05) is 17.7 Å². The fourth-order valence-electron chi connectivity index (χ4n) is 3.41. The Labute approximate surface area is 162 Å². The Kier molecular flexibility index (Phi) is 4.99. The van der Waals surface area contributed by atoms with Gasteiger partial charge in [-0.2, -0.15) is 4.98 Å². The van der Waals surface area contributed by atoms with Gasteiger partial charge < -0.3 is 14.6 Å². The van der Waals surface area contributed by atoms with Gasteiger partial charge in [0.25, 0.3) is 6.01 Å². The van der Waals surface area contributed by atoms with E-state index in [2.05, 4.69) is 15.3 Å². The maximum Gasteiger partial charge on any atom is 0.298 e. The van der Waals surface area contributed by atoms with Gasteiger partial charge in [-0.25, -0.2) is 0 Å². The number of rotatable bonds is 4. The van der Waals surface area contributed by atoms with Crippen LogP contribution in [0.3, 0.4) is 0 Å². The van der Waals surface area contributed by atoms with Gasteiger partial charge in [0.1, 0.15) is 5.52 Å². The minimum Gasteiger partial charge on any atom is -0.423 e. The number of aromatic nitrogens is 2. The lowest BCUT2D eigenvalue weighted by Gasteiger charge is -2.30. The fraction of sp³-hybridized carbons (Fsp3) is 0.350. The first-order valence-corrected chi connectivity index (χ1v) is 9.47. The molecule has 0 saturated carbocycles. The molecule has 3 aromatic rings. The molecule has 7 heteroatoms. The highest BCUT2D eigenvalue weighted by atomic mass is 35.5. The molecular formula is C20H21ClN4O2. The molecule has 1 aliphatic heterocycles. The Morgan fingerprint density at radius 3 is 3.07 bits per heavy atom. The van der Waals surface area contributed by atoms with Crippen molar-refractivity contribution in [2.75, 3.05) is 18.0 Å². The number of nitrogens with zero attached hydrogens (tertiary/aromatic N) is 3. The van der Waals surface area contributed by atoms with E-state index >= 15 is 0 Å². The zero-order valence-electron chi connectivity index (χ0n) is 15.1. The van der Waals surface area contributed by atoms with Crippen LogP contribution >= 0.6 is 11.6 Å². The molecule has 0 aliphatic carbocycles. The number of hydrogen-bond donors (Lipinski definition) is 1. The van der Waals surface area contributed by atoms with Gasteiger partial charge >= 0.3 is 0 Å². The molecule has 1 saturated heterocycles. The van der Waals surface area contributed by atoms with Gasteiger partial charge in [0.2, 0.25) is 5.91 Å². The highest BCUT2D eigenvalue weighted by Gasteiger charge is 2.28. The van der Waals surface area contributed by atoms with Crippen LogP contribution in [0.25, 0.3) is 11.1 Å². The maximum absolute atomic E-state index is 12.6. The lowest BCUT2D eigenvalue weighted by Crippen LogP contribution is -2.43. The second kappa shape index (κ2) is 7.56. The van der Waals surface area contributed by atoms with E-state index in [-0.39, 0.29) is 11.8 Å². The number of carbonyl (C=O) groups excluding carboxylic acids is 1. The monoisotopic (exact) mass is 384 g/mol. The van der Waals surface area contributed by atoms with Crippen molar-refractivity contribution in [1.29, 1.82) is 0 Å². The van der Waals surface area contributed by atoms with Gasteiger partial charge in [0.15, 0.2) is 5.58 Å². The lowest BCUT2D eigenvalue weighted by atomic mass is 9.97. The average Bonchev–Trinajstić information content (AvgIpc) is 3.09. The molecular weight excluding hydrogens is 364 g/mol. The molecule has 1 N–H and O–H groups in total. The Balaban J connectivity index is 1.41. The largest absolute Gasteiger partial charge is 0.423 e. The normalized spacial score (nSPS) is 17.3. The van der Waals surface area contributed by atoms with Gasteiger partial charge in [-0.15, -0.1) is 0 Å². The smallest absolute Gasteiger partial charge is 0.298 e. The highest BCUT2D eigenvalue weighted by molar-refractivity contribution is 6.31. The molecule has 3 heterocycles. The minimum atomic E-state index is -0.0952. The van der Waals surface area contributed by atoms with Gasteiger partial charge in [0.05, 0.1) is 18.2 Å². The summed E-state index contributed by atoms with van der Waals surface area (Å²) in [5, 5.41) is 3.63. The molecule has 0 spiro atoms. The third kappa shape index (κ3) is 4.06. The summed E-state index contributed by atoms with van der Waals surface area (Å²) in [6, 6.07) is 11.7. The Morgan fingerprint density at radius 1 is 1.33 bits per heavy atom. The van der Waals surface area contributed by atoms with Crippen molar-refractivity contribution in [2.24, 2.45) is 5.92 Å². The van der Waals surface area contributed by atoms with Crippen molar-refractivity contribution in [3.05, 3.63) is 52.8 Å². The summed E-state index contributed by atoms with van der Waals surface area (Å²) < 4.78 is 5.85. The van der Waals surface area contributed by atoms with E-state index in [9.17, 15) is 4.79 Å². The number of nitrogens with one attached hydrogen (secondary N) is 1. The zero-order valence-corrected chi connectivity index (χ0v) is 15.9. The molecule has 1 unspecified atom stereocenters. The average molecular weight is 385 g/mol. The Hall–Kier alpha value is -2.60. The van der Waals surface area contributed by atoms with Gasteiger partial charge in [-0.3, -0.25) is 9.78 Å². The molecule has 0 bridgehead atoms. The van der Waals surface area contributed by atoms with Crippen LogP contribution in [0.4, 0.5) is 6.01 Å². The number of aryl methyl sites for hydroxylation is 1. The summed E-state index contributed by atoms with van der Waals surface area (Å²) >= 11 is 6.02. The lowest BCUT2D eigenvalue weighted by molar-refractivity contribution is -0.125. The summed E-state index contributed by atoms with van der Waals surface area (Å²) in [4.78, 5) is 23.6. The van der Waals surface area contributed by atoms with Crippen LogP contribution < -0.4 is 10.2 Å². The summed E-state index contributed by atoms with van der Waals surface area (Å²) in [6.07, 6.45) is 1.77. The number of hydrogen-bond acceptors (Lipinski definition) is 5. The summed E-state index contributed by atoms with van der Waals surface area (Å²) in [5.41, 5.74) is 3.24. The van der Waals surface area contributed by atoms with Crippen molar-refractivity contribution in [3.8, 4) is 0 Å². The van der Waals surface area contributed by atoms with Crippen LogP contribution in [0.1, 0.15) is 24.2 Å². The number of fused-ring (bicyclic) bond motifs is 1. The molecule has 1 aromatic carbocycles. The molecule has 1 amide bonds. The number of oxazole rings is 1. The van der Waals surface area contributed by atoms with E-state index in [1.54, 1.807) is 12.1 Å². The SMILES string of the molecule is Cc1cccc(CNC(=O)C2CCCN(c3nc4cc(Cl)ccc4o3)C2)n1. The molecule has 1 atom stereocenters. The van der Waals surface area contributed by atoms with Crippen LogP contribution in [-0.4, -0.2) is 29.0 Å². The van der Waals surface area contributed by atoms with Gasteiger partial charge in [0, 0.05) is 23.8 Å². The molecule has 2 aromatic heterocycles. The van der Waals surface area contributed by atoms with Crippen molar-refractivity contribution in [3.63, 3.8) is 0 Å². The molecule has 4 rings (SSSR count). The van der Waals surface area contributed by atoms with Crippen LogP contribution in [0.15, 0.2) is 40.8 Å². The molecule has 6 nitrogen and oxygen atoms in total. The Morgan fingerprint density at radius 2 is 2.22 bits per heavy atom. The van der Waals surface area contributed by atoms with Crippen LogP contribution in [0.2, 0.25) is 5.02 Å². The van der Waals surface area contributed by atoms with Crippen LogP contribution in [0, 0.1) is 12.8 Å². The van der Waals surface area contributed by atoms with E-state index < -0.39 is 0 Å². The van der Waals surface area contributed by atoms with E-state index in [0.717, 1.165) is 36.3 Å². The predicted molar refractivity (Wildman–Crippen MR) is 105 cm³/mol. The number of benzene rings is 1.